The largest absolute Gasteiger partial charge is 0.457 e. The number of rotatable bonds is 3. The number of hydrogen-bond acceptors (Lipinski definition) is 3. The third kappa shape index (κ3) is 3.13. The zero-order chi connectivity index (χ0) is 13.8. The first-order valence-electron chi connectivity index (χ1n) is 6.15. The van der Waals surface area contributed by atoms with Crippen molar-refractivity contribution >= 4 is 11.7 Å². The summed E-state index contributed by atoms with van der Waals surface area (Å²) in [7, 11) is 0. The van der Waals surface area contributed by atoms with Crippen LogP contribution in [0.25, 0.3) is 0 Å². The number of carbonyl (C=O) groups excluding carboxylic acids is 1. The molecule has 2 aromatic rings. The van der Waals surface area contributed by atoms with Crippen molar-refractivity contribution in [2.24, 2.45) is 0 Å². The normalized spacial score (nSPS) is 10.2. The SMILES string of the molecule is Cc1ccccc1COC(=O)c1cc(N)ccc1C. The summed E-state index contributed by atoms with van der Waals surface area (Å²) in [6.45, 7) is 4.14. The van der Waals surface area contributed by atoms with E-state index < -0.39 is 0 Å². The number of aryl methyl sites for hydroxylation is 2. The van der Waals surface area contributed by atoms with Crippen LogP contribution in [-0.2, 0) is 11.3 Å². The molecule has 0 saturated heterocycles. The van der Waals surface area contributed by atoms with Crippen LogP contribution in [0, 0.1) is 13.8 Å². The molecule has 19 heavy (non-hydrogen) atoms. The van der Waals surface area contributed by atoms with Crippen LogP contribution >= 0.6 is 0 Å². The number of carbonyl (C=O) groups is 1. The van der Waals surface area contributed by atoms with E-state index in [0.29, 0.717) is 11.3 Å². The van der Waals surface area contributed by atoms with E-state index in [-0.39, 0.29) is 12.6 Å². The number of anilines is 1. The Balaban J connectivity index is 2.10. The maximum absolute atomic E-state index is 12.0. The summed E-state index contributed by atoms with van der Waals surface area (Å²) >= 11 is 0. The van der Waals surface area contributed by atoms with Gasteiger partial charge >= 0.3 is 5.97 Å². The summed E-state index contributed by atoms with van der Waals surface area (Å²) in [6.07, 6.45) is 0. The van der Waals surface area contributed by atoms with Crippen LogP contribution in [0.1, 0.15) is 27.0 Å². The average Bonchev–Trinajstić information content (AvgIpc) is 2.40. The first kappa shape index (κ1) is 13.1. The molecule has 3 heteroatoms. The first-order valence-corrected chi connectivity index (χ1v) is 6.15. The van der Waals surface area contributed by atoms with Gasteiger partial charge in [-0.25, -0.2) is 4.79 Å². The van der Waals surface area contributed by atoms with Gasteiger partial charge in [-0.2, -0.15) is 0 Å². The number of ether oxygens (including phenoxy) is 1. The van der Waals surface area contributed by atoms with E-state index >= 15 is 0 Å². The van der Waals surface area contributed by atoms with E-state index in [9.17, 15) is 4.79 Å². The number of benzene rings is 2. The van der Waals surface area contributed by atoms with Gasteiger partial charge in [0.05, 0.1) is 5.56 Å². The molecule has 0 radical (unpaired) electrons. The Bertz CT molecular complexity index is 605. The zero-order valence-corrected chi connectivity index (χ0v) is 11.1. The van der Waals surface area contributed by atoms with Gasteiger partial charge < -0.3 is 10.5 Å². The molecule has 2 aromatic carbocycles. The number of esters is 1. The lowest BCUT2D eigenvalue weighted by molar-refractivity contribution is 0.0471. The van der Waals surface area contributed by atoms with Crippen LogP contribution in [0.4, 0.5) is 5.69 Å². The van der Waals surface area contributed by atoms with Crippen molar-refractivity contribution in [3.8, 4) is 0 Å². The summed E-state index contributed by atoms with van der Waals surface area (Å²) < 4.78 is 5.34. The lowest BCUT2D eigenvalue weighted by Crippen LogP contribution is -2.08. The quantitative estimate of drug-likeness (QED) is 0.676. The van der Waals surface area contributed by atoms with Crippen molar-refractivity contribution in [3.05, 3.63) is 64.7 Å². The number of hydrogen-bond donors (Lipinski definition) is 1. The monoisotopic (exact) mass is 255 g/mol. The third-order valence-electron chi connectivity index (χ3n) is 3.10. The van der Waals surface area contributed by atoms with Crippen LogP contribution < -0.4 is 5.73 Å². The number of nitrogen functional groups attached to an aromatic ring is 1. The topological polar surface area (TPSA) is 52.3 Å². The summed E-state index contributed by atoms with van der Waals surface area (Å²) in [5, 5.41) is 0. The van der Waals surface area contributed by atoms with Gasteiger partial charge in [-0.05, 0) is 42.7 Å². The second-order valence-corrected chi connectivity index (χ2v) is 4.58. The molecular formula is C16H17NO2. The Morgan fingerprint density at radius 1 is 1.11 bits per heavy atom. The maximum Gasteiger partial charge on any atom is 0.338 e. The standard InChI is InChI=1S/C16H17NO2/c1-11-5-3-4-6-13(11)10-19-16(18)15-9-14(17)8-7-12(15)2/h3-9H,10,17H2,1-2H3. The molecule has 0 aromatic heterocycles. The Kier molecular flexibility index (Phi) is 3.85. The van der Waals surface area contributed by atoms with Crippen molar-refractivity contribution in [1.82, 2.24) is 0 Å². The fourth-order valence-electron chi connectivity index (χ4n) is 1.85. The van der Waals surface area contributed by atoms with Crippen LogP contribution in [0.5, 0.6) is 0 Å². The minimum absolute atomic E-state index is 0.278. The van der Waals surface area contributed by atoms with Gasteiger partial charge in [0, 0.05) is 5.69 Å². The molecule has 0 heterocycles. The van der Waals surface area contributed by atoms with Crippen molar-refractivity contribution in [1.29, 1.82) is 0 Å². The third-order valence-corrected chi connectivity index (χ3v) is 3.10. The van der Waals surface area contributed by atoms with E-state index in [1.807, 2.05) is 44.2 Å². The molecule has 0 fully saturated rings. The molecule has 0 unspecified atom stereocenters. The van der Waals surface area contributed by atoms with Gasteiger partial charge in [0.2, 0.25) is 0 Å². The van der Waals surface area contributed by atoms with E-state index in [2.05, 4.69) is 0 Å². The fraction of sp³-hybridized carbons (Fsp3) is 0.188. The fourth-order valence-corrected chi connectivity index (χ4v) is 1.85. The van der Waals surface area contributed by atoms with Gasteiger partial charge in [-0.15, -0.1) is 0 Å². The molecule has 0 amide bonds. The van der Waals surface area contributed by atoms with Crippen molar-refractivity contribution in [2.75, 3.05) is 5.73 Å². The molecule has 0 bridgehead atoms. The molecule has 0 spiro atoms. The van der Waals surface area contributed by atoms with Crippen molar-refractivity contribution in [3.63, 3.8) is 0 Å². The van der Waals surface area contributed by atoms with Gasteiger partial charge in [-0.1, -0.05) is 30.3 Å². The minimum Gasteiger partial charge on any atom is -0.457 e. The highest BCUT2D eigenvalue weighted by atomic mass is 16.5. The second-order valence-electron chi connectivity index (χ2n) is 4.58. The Morgan fingerprint density at radius 2 is 1.84 bits per heavy atom. The number of nitrogens with two attached hydrogens (primary N) is 1. The van der Waals surface area contributed by atoms with E-state index in [1.165, 1.54) is 0 Å². The molecular weight excluding hydrogens is 238 g/mol. The smallest absolute Gasteiger partial charge is 0.338 e. The highest BCUT2D eigenvalue weighted by molar-refractivity contribution is 5.92. The van der Waals surface area contributed by atoms with Gasteiger partial charge in [-0.3, -0.25) is 0 Å². The Labute approximate surface area is 113 Å². The highest BCUT2D eigenvalue weighted by Gasteiger charge is 2.11. The summed E-state index contributed by atoms with van der Waals surface area (Å²) in [5.74, 6) is -0.340. The molecule has 0 aliphatic heterocycles. The molecule has 0 atom stereocenters. The lowest BCUT2D eigenvalue weighted by atomic mass is 10.1. The summed E-state index contributed by atoms with van der Waals surface area (Å²) in [6, 6.07) is 13.1. The summed E-state index contributed by atoms with van der Waals surface area (Å²) in [4.78, 5) is 12.0. The minimum atomic E-state index is -0.340. The van der Waals surface area contributed by atoms with E-state index in [4.69, 9.17) is 10.5 Å². The zero-order valence-electron chi connectivity index (χ0n) is 11.1. The molecule has 0 saturated carbocycles. The van der Waals surface area contributed by atoms with Gasteiger partial charge in [0.15, 0.2) is 0 Å². The first-order chi connectivity index (χ1) is 9.08. The van der Waals surface area contributed by atoms with Crippen LogP contribution in [-0.4, -0.2) is 5.97 Å². The van der Waals surface area contributed by atoms with E-state index in [1.54, 1.807) is 12.1 Å². The average molecular weight is 255 g/mol. The second kappa shape index (κ2) is 5.57. The molecule has 0 aliphatic carbocycles. The van der Waals surface area contributed by atoms with E-state index in [0.717, 1.165) is 16.7 Å². The van der Waals surface area contributed by atoms with Crippen LogP contribution in [0.3, 0.4) is 0 Å². The predicted octanol–water partition coefficient (Wildman–Crippen LogP) is 3.24. The van der Waals surface area contributed by atoms with Crippen molar-refractivity contribution in [2.45, 2.75) is 20.5 Å². The Morgan fingerprint density at radius 3 is 2.58 bits per heavy atom. The van der Waals surface area contributed by atoms with Crippen LogP contribution in [0.15, 0.2) is 42.5 Å². The lowest BCUT2D eigenvalue weighted by Gasteiger charge is -2.09. The molecule has 2 rings (SSSR count). The summed E-state index contributed by atoms with van der Waals surface area (Å²) in [5.41, 5.74) is 9.76. The molecule has 98 valence electrons. The highest BCUT2D eigenvalue weighted by Crippen LogP contribution is 2.15. The Hall–Kier alpha value is -2.29. The van der Waals surface area contributed by atoms with Crippen LogP contribution in [0.2, 0.25) is 0 Å². The van der Waals surface area contributed by atoms with Gasteiger partial charge in [0.1, 0.15) is 6.61 Å². The van der Waals surface area contributed by atoms with Gasteiger partial charge in [0.25, 0.3) is 0 Å². The molecule has 3 nitrogen and oxygen atoms in total. The predicted molar refractivity (Wildman–Crippen MR) is 75.9 cm³/mol. The molecule has 2 N–H and O–H groups in total. The maximum atomic E-state index is 12.0. The molecule has 0 aliphatic rings. The van der Waals surface area contributed by atoms with Crippen molar-refractivity contribution < 1.29 is 9.53 Å².